The summed E-state index contributed by atoms with van der Waals surface area (Å²) in [6, 6.07) is 1.10. The van der Waals surface area contributed by atoms with Crippen molar-refractivity contribution in [2.45, 2.75) is 80.4 Å². The van der Waals surface area contributed by atoms with Crippen LogP contribution in [0.4, 0.5) is 4.39 Å². The highest BCUT2D eigenvalue weighted by Gasteiger charge is 2.51. The number of aliphatic hydroxyl groups is 1. The molecule has 2 aromatic rings. The molecule has 0 radical (unpaired) electrons. The molecule has 6 nitrogen and oxygen atoms in total. The van der Waals surface area contributed by atoms with Crippen molar-refractivity contribution in [3.63, 3.8) is 0 Å². The highest BCUT2D eigenvalue weighted by atomic mass is 32.2. The molecule has 1 atom stereocenters. The maximum absolute atomic E-state index is 14.4. The Hall–Kier alpha value is -1.68. The number of hydrogen-bond acceptors (Lipinski definition) is 5. The zero-order valence-corrected chi connectivity index (χ0v) is 19.3. The molecule has 2 heterocycles. The van der Waals surface area contributed by atoms with E-state index in [4.69, 9.17) is 10.1 Å². The lowest BCUT2D eigenvalue weighted by atomic mass is 9.95. The van der Waals surface area contributed by atoms with Gasteiger partial charge in [0.05, 0.1) is 17.7 Å². The summed E-state index contributed by atoms with van der Waals surface area (Å²) in [5, 5.41) is 15.9. The fourth-order valence-corrected chi connectivity index (χ4v) is 7.39. The monoisotopic (exact) mass is 463 g/mol. The lowest BCUT2D eigenvalue weighted by molar-refractivity contribution is -0.117. The van der Waals surface area contributed by atoms with Gasteiger partial charge in [0.2, 0.25) is 0 Å². The number of nitrogens with zero attached hydrogens (tertiary/aromatic N) is 2. The van der Waals surface area contributed by atoms with Crippen molar-refractivity contribution >= 4 is 27.2 Å². The summed E-state index contributed by atoms with van der Waals surface area (Å²) in [7, 11) is -3.75. The molecule has 0 aromatic carbocycles. The number of pyridine rings is 1. The third-order valence-corrected chi connectivity index (χ3v) is 10.1. The van der Waals surface area contributed by atoms with Crippen LogP contribution in [0.5, 0.6) is 0 Å². The summed E-state index contributed by atoms with van der Waals surface area (Å²) in [6.45, 7) is 3.00. The first-order chi connectivity index (χ1) is 14.5. The average molecular weight is 464 g/mol. The van der Waals surface area contributed by atoms with Crippen molar-refractivity contribution < 1.29 is 18.5 Å². The van der Waals surface area contributed by atoms with Crippen LogP contribution < -0.4 is 5.14 Å². The summed E-state index contributed by atoms with van der Waals surface area (Å²) in [4.78, 5) is 18.1. The smallest absolute Gasteiger partial charge is 0.259 e. The van der Waals surface area contributed by atoms with Gasteiger partial charge in [-0.25, -0.2) is 13.7 Å². The minimum absolute atomic E-state index is 0.0167. The number of carbonyl (C=O) groups excluding carboxylic acids is 1. The fourth-order valence-electron chi connectivity index (χ4n) is 4.97. The molecule has 31 heavy (non-hydrogen) atoms. The van der Waals surface area contributed by atoms with Gasteiger partial charge in [-0.2, -0.15) is 0 Å². The summed E-state index contributed by atoms with van der Waals surface area (Å²) in [5.41, 5.74) is 4.42. The number of aryl methyl sites for hydroxylation is 1. The quantitative estimate of drug-likeness (QED) is 0.724. The van der Waals surface area contributed by atoms with E-state index in [-0.39, 0.29) is 20.9 Å². The van der Waals surface area contributed by atoms with Crippen LogP contribution in [0, 0.1) is 5.82 Å². The van der Waals surface area contributed by atoms with E-state index in [0.29, 0.717) is 0 Å². The molecule has 0 bridgehead atoms. The number of carbonyl (C=O) groups is 1. The second-order valence-corrected chi connectivity index (χ2v) is 12.6. The Morgan fingerprint density at radius 3 is 2.71 bits per heavy atom. The predicted octanol–water partition coefficient (Wildman–Crippen LogP) is 3.45. The number of hydrogen-bond donors (Lipinski definition) is 2. The summed E-state index contributed by atoms with van der Waals surface area (Å²) < 4.78 is 30.9. The van der Waals surface area contributed by atoms with Crippen molar-refractivity contribution in [3.05, 3.63) is 44.8 Å². The zero-order chi connectivity index (χ0) is 22.2. The van der Waals surface area contributed by atoms with Gasteiger partial charge < -0.3 is 5.11 Å². The van der Waals surface area contributed by atoms with E-state index >= 15 is 0 Å². The molecule has 2 aromatic heterocycles. The van der Waals surface area contributed by atoms with Crippen molar-refractivity contribution in [1.29, 1.82) is 0 Å². The molecule has 1 spiro atoms. The van der Waals surface area contributed by atoms with Gasteiger partial charge in [0.15, 0.2) is 19.9 Å². The van der Waals surface area contributed by atoms with Crippen LogP contribution in [0.1, 0.15) is 72.5 Å². The number of fused-ring (bicyclic) bond motifs is 3. The van der Waals surface area contributed by atoms with Crippen molar-refractivity contribution in [2.75, 3.05) is 0 Å². The molecular formula is C22H26FN3O3S2. The number of rotatable bonds is 4. The Morgan fingerprint density at radius 1 is 1.32 bits per heavy atom. The molecule has 3 aliphatic carbocycles. The van der Waals surface area contributed by atoms with Crippen LogP contribution in [0.25, 0.3) is 0 Å². The molecule has 166 valence electrons. The molecule has 3 N–H and O–H groups in total. The first kappa shape index (κ1) is 21.2. The number of halogens is 1. The molecule has 1 amide bonds. The van der Waals surface area contributed by atoms with Gasteiger partial charge in [-0.15, -0.1) is 15.7 Å². The standard InChI is InChI=1S/C22H26FN3O3S2/c1-21(2,28)17-11-15(23)20(30-17)31(24,29)26-18(27)10-14-12-4-3-5-16(12)25-19-13(14)6-7-22(19)8-9-22/h11,28H,3-10H2,1-2H3,(H2,24,26,27,29). The van der Waals surface area contributed by atoms with Gasteiger partial charge in [0.25, 0.3) is 5.91 Å². The predicted molar refractivity (Wildman–Crippen MR) is 117 cm³/mol. The van der Waals surface area contributed by atoms with Gasteiger partial charge in [-0.05, 0) is 81.5 Å². The summed E-state index contributed by atoms with van der Waals surface area (Å²) in [5.74, 6) is -1.42. The van der Waals surface area contributed by atoms with Gasteiger partial charge in [0.1, 0.15) is 0 Å². The van der Waals surface area contributed by atoms with E-state index in [1.807, 2.05) is 0 Å². The van der Waals surface area contributed by atoms with Gasteiger partial charge in [-0.1, -0.05) is 0 Å². The van der Waals surface area contributed by atoms with Crippen LogP contribution in [0.15, 0.2) is 14.6 Å². The number of aromatic nitrogens is 1. The number of nitrogens with two attached hydrogens (primary N) is 1. The highest BCUT2D eigenvalue weighted by Crippen LogP contribution is 2.57. The Kier molecular flexibility index (Phi) is 4.72. The molecular weight excluding hydrogens is 437 g/mol. The normalized spacial score (nSPS) is 20.4. The first-order valence-corrected chi connectivity index (χ1v) is 13.0. The largest absolute Gasteiger partial charge is 0.385 e. The number of amides is 1. The van der Waals surface area contributed by atoms with Gasteiger partial charge >= 0.3 is 0 Å². The molecule has 3 aliphatic rings. The summed E-state index contributed by atoms with van der Waals surface area (Å²) >= 11 is 0.788. The Labute approximate surface area is 185 Å². The highest BCUT2D eigenvalue weighted by molar-refractivity contribution is 7.93. The molecule has 1 fully saturated rings. The molecule has 1 saturated carbocycles. The third kappa shape index (κ3) is 3.55. The lowest BCUT2D eigenvalue weighted by Crippen LogP contribution is -2.17. The molecule has 0 saturated heterocycles. The maximum Gasteiger partial charge on any atom is 0.259 e. The minimum Gasteiger partial charge on any atom is -0.385 e. The fraction of sp³-hybridized carbons (Fsp3) is 0.545. The van der Waals surface area contributed by atoms with Gasteiger partial charge in [0, 0.05) is 16.0 Å². The van der Waals surface area contributed by atoms with Crippen molar-refractivity contribution in [2.24, 2.45) is 9.50 Å². The van der Waals surface area contributed by atoms with E-state index in [0.717, 1.165) is 90.4 Å². The van der Waals surface area contributed by atoms with Crippen molar-refractivity contribution in [1.82, 2.24) is 4.98 Å². The number of thiophene rings is 1. The Bertz CT molecular complexity index is 1230. The molecule has 0 aliphatic heterocycles. The SMILES string of the molecule is CC(C)(O)c1cc(F)c(S(N)(=O)=NC(=O)Cc2c3c(nc4c2CCC42CC2)CCC3)s1. The molecule has 9 heteroatoms. The second kappa shape index (κ2) is 6.91. The Balaban J connectivity index is 1.50. The van der Waals surface area contributed by atoms with E-state index in [2.05, 4.69) is 4.36 Å². The van der Waals surface area contributed by atoms with Crippen molar-refractivity contribution in [3.8, 4) is 0 Å². The zero-order valence-electron chi connectivity index (χ0n) is 17.7. The van der Waals surface area contributed by atoms with Crippen LogP contribution in [-0.4, -0.2) is 20.2 Å². The van der Waals surface area contributed by atoms with E-state index in [1.165, 1.54) is 13.8 Å². The third-order valence-electron chi connectivity index (χ3n) is 6.75. The lowest BCUT2D eigenvalue weighted by Gasteiger charge is -2.15. The van der Waals surface area contributed by atoms with E-state index in [9.17, 15) is 18.5 Å². The minimum atomic E-state index is -3.75. The maximum atomic E-state index is 14.4. The van der Waals surface area contributed by atoms with E-state index < -0.39 is 27.2 Å². The molecule has 5 rings (SSSR count). The topological polar surface area (TPSA) is 106 Å². The van der Waals surface area contributed by atoms with Crippen LogP contribution in [-0.2, 0) is 51.4 Å². The van der Waals surface area contributed by atoms with Crippen LogP contribution in [0.2, 0.25) is 0 Å². The second-order valence-electron chi connectivity index (χ2n) is 9.51. The van der Waals surface area contributed by atoms with Crippen LogP contribution in [0.3, 0.4) is 0 Å². The first-order valence-electron chi connectivity index (χ1n) is 10.6. The summed E-state index contributed by atoms with van der Waals surface area (Å²) in [6.07, 6.45) is 7.13. The average Bonchev–Trinajstić information content (AvgIpc) is 3.00. The Morgan fingerprint density at radius 2 is 2.06 bits per heavy atom. The molecule has 1 unspecified atom stereocenters. The van der Waals surface area contributed by atoms with Gasteiger partial charge in [-0.3, -0.25) is 9.78 Å². The van der Waals surface area contributed by atoms with Crippen LogP contribution >= 0.6 is 11.3 Å². The van der Waals surface area contributed by atoms with E-state index in [1.54, 1.807) is 0 Å².